The smallest absolute Gasteiger partial charge is 0.121 e. The van der Waals surface area contributed by atoms with Crippen molar-refractivity contribution >= 4 is 54.6 Å². The largest absolute Gasteiger partial charge is 0.494 e. The van der Waals surface area contributed by atoms with E-state index < -0.39 is 0 Å². The lowest BCUT2D eigenvalue weighted by Gasteiger charge is -2.61. The molecule has 454 valence electrons. The summed E-state index contributed by atoms with van der Waals surface area (Å²) in [5.41, 5.74) is 5.34. The van der Waals surface area contributed by atoms with Gasteiger partial charge in [0.25, 0.3) is 0 Å². The van der Waals surface area contributed by atoms with Crippen LogP contribution in [0.4, 0.5) is 22.7 Å². The fourth-order valence-corrected chi connectivity index (χ4v) is 15.4. The van der Waals surface area contributed by atoms with Gasteiger partial charge in [-0.05, 0) is 203 Å². The van der Waals surface area contributed by atoms with E-state index in [2.05, 4.69) is 147 Å². The standard InChI is InChI=1S/C68H100Br2N4O8/c1-52(13-8-38-81-60-20-6-18-58(50-60)73-32-11-36-77-41-45-79-43-39-75-34-9-30-71-56-16-4-14-54(69)48-56)64-24-25-65-63-23-22-53-47-62(26-28-67(53,2)66(63)27-29-68(64,65)3)82-61-21-7-19-59(51-61)74-33-12-37-78-42-46-80-44-40-76-35-10-31-72-57-17-5-15-55(70)49-57/h4-7,14-21,48-53,62-66,71-74H,8-13,22-47H2,1-3H3/t52-,53-,62+,63+,64-,65+,66+,67+,68-/m1/s1. The predicted octanol–water partition coefficient (Wildman–Crippen LogP) is 15.8. The Hall–Kier alpha value is -3.60. The fraction of sp³-hybridized carbons (Fsp3) is 0.647. The number of anilines is 4. The molecule has 4 aliphatic carbocycles. The Balaban J connectivity index is 0.629. The molecule has 4 saturated carbocycles. The summed E-state index contributed by atoms with van der Waals surface area (Å²) in [7, 11) is 0. The van der Waals surface area contributed by atoms with Crippen LogP contribution in [0.15, 0.2) is 106 Å². The average Bonchev–Trinajstić information content (AvgIpc) is 2.56. The van der Waals surface area contributed by atoms with Crippen molar-refractivity contribution in [3.63, 3.8) is 0 Å². The first-order chi connectivity index (χ1) is 40.2. The number of hydrogen-bond acceptors (Lipinski definition) is 12. The number of halogens is 2. The molecular formula is C68H100Br2N4O8. The zero-order valence-electron chi connectivity index (χ0n) is 49.9. The maximum atomic E-state index is 6.81. The van der Waals surface area contributed by atoms with Crippen LogP contribution in [0.3, 0.4) is 0 Å². The highest BCUT2D eigenvalue weighted by molar-refractivity contribution is 9.10. The van der Waals surface area contributed by atoms with E-state index >= 15 is 0 Å². The molecule has 4 fully saturated rings. The van der Waals surface area contributed by atoms with Gasteiger partial charge in [0.1, 0.15) is 11.5 Å². The molecule has 82 heavy (non-hydrogen) atoms. The minimum atomic E-state index is 0.297. The van der Waals surface area contributed by atoms with E-state index in [1.807, 2.05) is 24.3 Å². The first-order valence-electron chi connectivity index (χ1n) is 31.6. The molecule has 0 aliphatic heterocycles. The first kappa shape index (κ1) is 64.4. The van der Waals surface area contributed by atoms with Crippen molar-refractivity contribution in [2.75, 3.05) is 133 Å². The SMILES string of the molecule is C[C@H](CCCOc1cccc(NCCCOCCOCCOCCCNc2cccc(Br)c2)c1)[C@H]1CC[C@H]2[C@@H]3CC[C@@H]4C[C@@H](Oc5cccc(NCCCOCCOCCOCCCNc6cccc(Br)c6)c5)CC[C@]4(C)[C@H]3CC[C@]12C. The second-order valence-electron chi connectivity index (χ2n) is 24.2. The molecule has 4 aromatic carbocycles. The van der Waals surface area contributed by atoms with E-state index in [9.17, 15) is 0 Å². The van der Waals surface area contributed by atoms with E-state index in [1.165, 1.54) is 57.8 Å². The Bertz CT molecular complexity index is 2420. The van der Waals surface area contributed by atoms with Crippen LogP contribution < -0.4 is 30.7 Å². The fourth-order valence-electron chi connectivity index (χ4n) is 14.6. The highest BCUT2D eigenvalue weighted by atomic mass is 79.9. The van der Waals surface area contributed by atoms with Gasteiger partial charge in [-0.25, -0.2) is 0 Å². The van der Waals surface area contributed by atoms with Crippen molar-refractivity contribution < 1.29 is 37.9 Å². The van der Waals surface area contributed by atoms with Crippen LogP contribution in [0, 0.1) is 46.3 Å². The van der Waals surface area contributed by atoms with Crippen molar-refractivity contribution in [3.05, 3.63) is 106 Å². The van der Waals surface area contributed by atoms with E-state index in [0.717, 1.165) is 150 Å². The van der Waals surface area contributed by atoms with Crippen LogP contribution in [-0.4, -0.2) is 118 Å². The van der Waals surface area contributed by atoms with E-state index in [1.54, 1.807) is 0 Å². The number of benzene rings is 4. The van der Waals surface area contributed by atoms with Gasteiger partial charge in [-0.3, -0.25) is 0 Å². The summed E-state index contributed by atoms with van der Waals surface area (Å²) >= 11 is 7.02. The maximum absolute atomic E-state index is 6.81. The Morgan fingerprint density at radius 3 is 1.44 bits per heavy atom. The van der Waals surface area contributed by atoms with Crippen LogP contribution in [0.25, 0.3) is 0 Å². The predicted molar refractivity (Wildman–Crippen MR) is 342 cm³/mol. The van der Waals surface area contributed by atoms with Crippen LogP contribution in [-0.2, 0) is 28.4 Å². The van der Waals surface area contributed by atoms with Gasteiger partial charge in [-0.15, -0.1) is 0 Å². The molecule has 8 rings (SSSR count). The second kappa shape index (κ2) is 35.1. The molecule has 4 N–H and O–H groups in total. The third-order valence-electron chi connectivity index (χ3n) is 18.7. The number of fused-ring (bicyclic) bond motifs is 5. The Morgan fingerprint density at radius 2 is 0.915 bits per heavy atom. The Morgan fingerprint density at radius 1 is 0.463 bits per heavy atom. The zero-order chi connectivity index (χ0) is 57.1. The van der Waals surface area contributed by atoms with Crippen molar-refractivity contribution in [3.8, 4) is 11.5 Å². The molecule has 0 radical (unpaired) electrons. The van der Waals surface area contributed by atoms with Crippen molar-refractivity contribution in [2.45, 2.75) is 123 Å². The highest BCUT2D eigenvalue weighted by Crippen LogP contribution is 2.68. The number of nitrogens with one attached hydrogen (secondary N) is 4. The van der Waals surface area contributed by atoms with Crippen LogP contribution >= 0.6 is 31.9 Å². The Kier molecular flexibility index (Phi) is 27.6. The number of ether oxygens (including phenoxy) is 8. The summed E-state index contributed by atoms with van der Waals surface area (Å²) in [6.45, 7) is 19.8. The van der Waals surface area contributed by atoms with Gasteiger partial charge in [0.2, 0.25) is 0 Å². The van der Waals surface area contributed by atoms with E-state index in [0.29, 0.717) is 96.2 Å². The number of hydrogen-bond donors (Lipinski definition) is 4. The van der Waals surface area contributed by atoms with Gasteiger partial charge in [-0.1, -0.05) is 76.9 Å². The summed E-state index contributed by atoms with van der Waals surface area (Å²) in [6.07, 6.45) is 18.5. The van der Waals surface area contributed by atoms with Crippen LogP contribution in [0.5, 0.6) is 11.5 Å². The van der Waals surface area contributed by atoms with Gasteiger partial charge in [0.15, 0.2) is 0 Å². The Labute approximate surface area is 509 Å². The van der Waals surface area contributed by atoms with Crippen molar-refractivity contribution in [1.82, 2.24) is 0 Å². The van der Waals surface area contributed by atoms with Crippen LogP contribution in [0.2, 0.25) is 0 Å². The summed E-state index contributed by atoms with van der Waals surface area (Å²) in [5, 5.41) is 14.0. The van der Waals surface area contributed by atoms with E-state index in [-0.39, 0.29) is 0 Å². The lowest BCUT2D eigenvalue weighted by Crippen LogP contribution is -2.54. The molecule has 0 bridgehead atoms. The zero-order valence-corrected chi connectivity index (χ0v) is 53.1. The summed E-state index contributed by atoms with van der Waals surface area (Å²) in [4.78, 5) is 0. The third-order valence-corrected chi connectivity index (χ3v) is 19.7. The van der Waals surface area contributed by atoms with Gasteiger partial charge < -0.3 is 59.2 Å². The van der Waals surface area contributed by atoms with Gasteiger partial charge in [-0.2, -0.15) is 0 Å². The van der Waals surface area contributed by atoms with Gasteiger partial charge in [0.05, 0.1) is 65.6 Å². The van der Waals surface area contributed by atoms with Gasteiger partial charge in [0, 0.05) is 96.4 Å². The topological polar surface area (TPSA) is 122 Å². The lowest BCUT2D eigenvalue weighted by molar-refractivity contribution is -0.126. The highest BCUT2D eigenvalue weighted by Gasteiger charge is 2.60. The summed E-state index contributed by atoms with van der Waals surface area (Å²) < 4.78 is 49.8. The normalized spacial score (nSPS) is 24.2. The van der Waals surface area contributed by atoms with Crippen molar-refractivity contribution in [2.24, 2.45) is 46.3 Å². The average molecular weight is 1260 g/mol. The minimum absolute atomic E-state index is 0.297. The molecule has 4 aliphatic rings. The molecule has 4 aromatic rings. The molecular weight excluding hydrogens is 1160 g/mol. The van der Waals surface area contributed by atoms with E-state index in [4.69, 9.17) is 37.9 Å². The molecule has 0 unspecified atom stereocenters. The molecule has 0 aromatic heterocycles. The molecule has 0 spiro atoms. The van der Waals surface area contributed by atoms with Gasteiger partial charge >= 0.3 is 0 Å². The number of rotatable bonds is 40. The third kappa shape index (κ3) is 20.5. The summed E-state index contributed by atoms with van der Waals surface area (Å²) in [6, 6.07) is 33.5. The molecule has 0 heterocycles. The summed E-state index contributed by atoms with van der Waals surface area (Å²) in [5.74, 6) is 6.86. The monoisotopic (exact) mass is 1260 g/mol. The molecule has 0 amide bonds. The minimum Gasteiger partial charge on any atom is -0.494 e. The second-order valence-corrected chi connectivity index (χ2v) is 26.1. The maximum Gasteiger partial charge on any atom is 0.121 e. The first-order valence-corrected chi connectivity index (χ1v) is 33.2. The van der Waals surface area contributed by atoms with Crippen LogP contribution in [0.1, 0.15) is 117 Å². The molecule has 0 saturated heterocycles. The molecule has 12 nitrogen and oxygen atoms in total. The van der Waals surface area contributed by atoms with Crippen molar-refractivity contribution in [1.29, 1.82) is 0 Å². The lowest BCUT2D eigenvalue weighted by atomic mass is 9.44. The molecule has 9 atom stereocenters. The molecule has 14 heteroatoms. The quantitative estimate of drug-likeness (QED) is 0.0317.